The molecule has 2 amide bonds. The smallest absolute Gasteiger partial charge is 0.339 e. The number of benzene rings is 1. The van der Waals surface area contributed by atoms with Gasteiger partial charge in [-0.25, -0.2) is 9.59 Å². The Kier molecular flexibility index (Phi) is 6.89. The van der Waals surface area contributed by atoms with Crippen LogP contribution in [0.5, 0.6) is 0 Å². The maximum absolute atomic E-state index is 12.6. The van der Waals surface area contributed by atoms with Crippen molar-refractivity contribution in [3.05, 3.63) is 29.3 Å². The van der Waals surface area contributed by atoms with Gasteiger partial charge in [-0.1, -0.05) is 0 Å². The van der Waals surface area contributed by atoms with E-state index in [1.165, 1.54) is 39.5 Å². The first-order valence-electron chi connectivity index (χ1n) is 8.29. The predicted molar refractivity (Wildman–Crippen MR) is 94.3 cm³/mol. The van der Waals surface area contributed by atoms with Crippen molar-refractivity contribution in [3.8, 4) is 0 Å². The molecule has 0 bridgehead atoms. The highest BCUT2D eigenvalue weighted by molar-refractivity contribution is 6.05. The van der Waals surface area contributed by atoms with Gasteiger partial charge in [-0.3, -0.25) is 9.59 Å². The van der Waals surface area contributed by atoms with Gasteiger partial charge < -0.3 is 24.4 Å². The monoisotopic (exact) mass is 378 g/mol. The van der Waals surface area contributed by atoms with Gasteiger partial charge in [0.25, 0.3) is 0 Å². The van der Waals surface area contributed by atoms with Crippen LogP contribution in [0, 0.1) is 5.92 Å². The largest absolute Gasteiger partial charge is 0.465 e. The molecule has 1 aliphatic rings. The summed E-state index contributed by atoms with van der Waals surface area (Å²) in [6.07, 6.45) is 0.0692. The fourth-order valence-electron chi connectivity index (χ4n) is 2.78. The van der Waals surface area contributed by atoms with Crippen molar-refractivity contribution in [3.63, 3.8) is 0 Å². The number of esters is 2. The number of methoxy groups -OCH3 is 3. The van der Waals surface area contributed by atoms with Crippen LogP contribution < -0.4 is 5.32 Å². The number of amides is 2. The van der Waals surface area contributed by atoms with Gasteiger partial charge in [0.2, 0.25) is 11.8 Å². The highest BCUT2D eigenvalue weighted by atomic mass is 16.5. The lowest BCUT2D eigenvalue weighted by molar-refractivity contribution is -0.128. The van der Waals surface area contributed by atoms with Crippen molar-refractivity contribution in [2.75, 3.05) is 46.3 Å². The lowest BCUT2D eigenvalue weighted by Gasteiger charge is -2.16. The van der Waals surface area contributed by atoms with Crippen LogP contribution in [0.15, 0.2) is 18.2 Å². The molecule has 1 aromatic rings. The molecular formula is C18H22N2O7. The molecule has 1 heterocycles. The first-order chi connectivity index (χ1) is 12.9. The fourth-order valence-corrected chi connectivity index (χ4v) is 2.78. The number of nitrogens with zero attached hydrogens (tertiary/aromatic N) is 1. The summed E-state index contributed by atoms with van der Waals surface area (Å²) in [5.41, 5.74) is 0.390. The summed E-state index contributed by atoms with van der Waals surface area (Å²) in [5, 5.41) is 2.63. The van der Waals surface area contributed by atoms with Gasteiger partial charge in [-0.2, -0.15) is 0 Å². The van der Waals surface area contributed by atoms with Gasteiger partial charge in [-0.15, -0.1) is 0 Å². The molecule has 1 saturated heterocycles. The maximum atomic E-state index is 12.6. The Morgan fingerprint density at radius 3 is 2.48 bits per heavy atom. The van der Waals surface area contributed by atoms with E-state index in [1.54, 1.807) is 4.90 Å². The number of carbonyl (C=O) groups excluding carboxylic acids is 4. The summed E-state index contributed by atoms with van der Waals surface area (Å²) in [6, 6.07) is 4.12. The number of ether oxygens (including phenoxy) is 3. The second-order valence-electron chi connectivity index (χ2n) is 5.97. The molecule has 0 spiro atoms. The first-order valence-corrected chi connectivity index (χ1v) is 8.29. The summed E-state index contributed by atoms with van der Waals surface area (Å²) in [4.78, 5) is 49.8. The van der Waals surface area contributed by atoms with Crippen molar-refractivity contribution in [2.24, 2.45) is 5.92 Å². The van der Waals surface area contributed by atoms with E-state index in [2.05, 4.69) is 10.1 Å². The number of carbonyl (C=O) groups is 4. The molecular weight excluding hydrogens is 356 g/mol. The van der Waals surface area contributed by atoms with Crippen LogP contribution in [0.25, 0.3) is 0 Å². The zero-order chi connectivity index (χ0) is 20.0. The number of anilines is 1. The minimum Gasteiger partial charge on any atom is -0.465 e. The SMILES string of the molecule is COCCN1CC(C(=O)Nc2cc(C(=O)OC)ccc2C(=O)OC)CC1=O. The Bertz CT molecular complexity index is 747. The standard InChI is InChI=1S/C18H22N2O7/c1-25-7-6-20-10-12(9-15(20)21)16(22)19-14-8-11(17(23)26-2)4-5-13(14)18(24)27-3/h4-5,8,12H,6-7,9-10H2,1-3H3,(H,19,22). The van der Waals surface area contributed by atoms with Gasteiger partial charge >= 0.3 is 11.9 Å². The molecule has 1 N–H and O–H groups in total. The number of nitrogens with one attached hydrogen (secondary N) is 1. The van der Waals surface area contributed by atoms with Gasteiger partial charge in [-0.05, 0) is 18.2 Å². The molecule has 27 heavy (non-hydrogen) atoms. The molecule has 0 radical (unpaired) electrons. The zero-order valence-electron chi connectivity index (χ0n) is 15.4. The topological polar surface area (TPSA) is 111 Å². The van der Waals surface area contributed by atoms with E-state index >= 15 is 0 Å². The Balaban J connectivity index is 2.19. The van der Waals surface area contributed by atoms with E-state index in [0.717, 1.165) is 0 Å². The highest BCUT2D eigenvalue weighted by Crippen LogP contribution is 2.23. The lowest BCUT2D eigenvalue weighted by atomic mass is 10.1. The van der Waals surface area contributed by atoms with E-state index in [0.29, 0.717) is 13.2 Å². The molecule has 1 aliphatic heterocycles. The molecule has 146 valence electrons. The quantitative estimate of drug-likeness (QED) is 0.695. The average Bonchev–Trinajstić information content (AvgIpc) is 3.05. The van der Waals surface area contributed by atoms with Crippen molar-refractivity contribution < 1.29 is 33.4 Å². The van der Waals surface area contributed by atoms with Crippen molar-refractivity contribution in [2.45, 2.75) is 6.42 Å². The summed E-state index contributed by atoms with van der Waals surface area (Å²) in [5.74, 6) is -2.39. The van der Waals surface area contributed by atoms with Crippen molar-refractivity contribution >= 4 is 29.4 Å². The Labute approximate surface area is 156 Å². The molecule has 0 aromatic heterocycles. The Hall–Kier alpha value is -2.94. The molecule has 1 atom stereocenters. The second-order valence-corrected chi connectivity index (χ2v) is 5.97. The van der Waals surface area contributed by atoms with Crippen LogP contribution >= 0.6 is 0 Å². The van der Waals surface area contributed by atoms with Crippen LogP contribution in [-0.4, -0.2) is 69.7 Å². The summed E-state index contributed by atoms with van der Waals surface area (Å²) < 4.78 is 14.3. The second kappa shape index (κ2) is 9.13. The number of hydrogen-bond donors (Lipinski definition) is 1. The van der Waals surface area contributed by atoms with Crippen LogP contribution in [0.3, 0.4) is 0 Å². The molecule has 2 rings (SSSR count). The number of rotatable bonds is 7. The zero-order valence-corrected chi connectivity index (χ0v) is 15.4. The molecule has 1 aromatic carbocycles. The van der Waals surface area contributed by atoms with E-state index in [4.69, 9.17) is 9.47 Å². The summed E-state index contributed by atoms with van der Waals surface area (Å²) in [6.45, 7) is 1.05. The van der Waals surface area contributed by atoms with Crippen molar-refractivity contribution in [1.29, 1.82) is 0 Å². The van der Waals surface area contributed by atoms with Gasteiger partial charge in [0.1, 0.15) is 0 Å². The molecule has 9 nitrogen and oxygen atoms in total. The van der Waals surface area contributed by atoms with E-state index in [-0.39, 0.29) is 35.7 Å². The Morgan fingerprint density at radius 2 is 1.85 bits per heavy atom. The lowest BCUT2D eigenvalue weighted by Crippen LogP contribution is -2.31. The van der Waals surface area contributed by atoms with Crippen LogP contribution in [0.2, 0.25) is 0 Å². The van der Waals surface area contributed by atoms with E-state index in [9.17, 15) is 19.2 Å². The maximum Gasteiger partial charge on any atom is 0.339 e. The van der Waals surface area contributed by atoms with Crippen LogP contribution in [0.1, 0.15) is 27.1 Å². The average molecular weight is 378 g/mol. The highest BCUT2D eigenvalue weighted by Gasteiger charge is 2.34. The van der Waals surface area contributed by atoms with E-state index < -0.39 is 23.8 Å². The summed E-state index contributed by atoms with van der Waals surface area (Å²) >= 11 is 0. The summed E-state index contributed by atoms with van der Waals surface area (Å²) in [7, 11) is 3.98. The minimum atomic E-state index is -0.661. The van der Waals surface area contributed by atoms with Crippen molar-refractivity contribution in [1.82, 2.24) is 4.90 Å². The molecule has 0 aliphatic carbocycles. The van der Waals surface area contributed by atoms with Gasteiger partial charge in [0.05, 0.1) is 43.6 Å². The molecule has 1 unspecified atom stereocenters. The molecule has 9 heteroatoms. The third-order valence-electron chi connectivity index (χ3n) is 4.25. The van der Waals surface area contributed by atoms with Gasteiger partial charge in [0, 0.05) is 26.6 Å². The fraction of sp³-hybridized carbons (Fsp3) is 0.444. The molecule has 1 fully saturated rings. The Morgan fingerprint density at radius 1 is 1.15 bits per heavy atom. The molecule has 0 saturated carbocycles. The number of likely N-dealkylation sites (tertiary alicyclic amines) is 1. The number of hydrogen-bond acceptors (Lipinski definition) is 7. The minimum absolute atomic E-state index is 0.0692. The van der Waals surface area contributed by atoms with Crippen LogP contribution in [0.4, 0.5) is 5.69 Å². The van der Waals surface area contributed by atoms with E-state index in [1.807, 2.05) is 0 Å². The third-order valence-corrected chi connectivity index (χ3v) is 4.25. The third kappa shape index (κ3) is 4.82. The predicted octanol–water partition coefficient (Wildman–Crippen LogP) is 0.693. The van der Waals surface area contributed by atoms with Crippen LogP contribution in [-0.2, 0) is 23.8 Å². The first kappa shape index (κ1) is 20.4. The normalized spacial score (nSPS) is 16.2. The van der Waals surface area contributed by atoms with Gasteiger partial charge in [0.15, 0.2) is 0 Å².